The van der Waals surface area contributed by atoms with Crippen molar-refractivity contribution in [1.82, 2.24) is 10.9 Å². The van der Waals surface area contributed by atoms with E-state index in [1.165, 1.54) is 24.3 Å². The molecule has 0 unspecified atom stereocenters. The van der Waals surface area contributed by atoms with Crippen molar-refractivity contribution in [2.24, 2.45) is 0 Å². The van der Waals surface area contributed by atoms with Crippen LogP contribution in [-0.4, -0.2) is 16.7 Å². The molecule has 1 aromatic rings. The Morgan fingerprint density at radius 2 is 1.75 bits per heavy atom. The van der Waals surface area contributed by atoms with Gasteiger partial charge in [0.25, 0.3) is 5.69 Å². The predicted molar refractivity (Wildman–Crippen MR) is 72.6 cm³/mol. The van der Waals surface area contributed by atoms with Crippen molar-refractivity contribution in [3.8, 4) is 0 Å². The smallest absolute Gasteiger partial charge is 0.269 e. The van der Waals surface area contributed by atoms with E-state index < -0.39 is 4.92 Å². The first kappa shape index (κ1) is 15.6. The van der Waals surface area contributed by atoms with Gasteiger partial charge in [-0.25, -0.2) is 0 Å². The van der Waals surface area contributed by atoms with E-state index in [9.17, 15) is 19.7 Å². The maximum Gasteiger partial charge on any atom is 0.269 e. The van der Waals surface area contributed by atoms with Crippen molar-refractivity contribution < 1.29 is 14.5 Å². The molecule has 2 amide bonds. The maximum absolute atomic E-state index is 11.5. The number of carbonyl (C=O) groups excluding carboxylic acids is 2. The van der Waals surface area contributed by atoms with Crippen LogP contribution < -0.4 is 10.9 Å². The number of non-ortho nitro benzene ring substituents is 1. The van der Waals surface area contributed by atoms with Crippen LogP contribution in [0.4, 0.5) is 5.69 Å². The molecule has 7 heteroatoms. The SMILES string of the molecule is CCCCC(=O)NNC(=O)Cc1ccc([N+](=O)[O-])cc1. The molecular weight excluding hydrogens is 262 g/mol. The van der Waals surface area contributed by atoms with E-state index in [1.807, 2.05) is 6.92 Å². The van der Waals surface area contributed by atoms with Gasteiger partial charge in [-0.2, -0.15) is 0 Å². The van der Waals surface area contributed by atoms with Crippen LogP contribution in [0.3, 0.4) is 0 Å². The average Bonchev–Trinajstić information content (AvgIpc) is 2.43. The van der Waals surface area contributed by atoms with E-state index in [0.29, 0.717) is 12.0 Å². The summed E-state index contributed by atoms with van der Waals surface area (Å²) in [5.74, 6) is -0.604. The van der Waals surface area contributed by atoms with E-state index in [-0.39, 0.29) is 23.9 Å². The van der Waals surface area contributed by atoms with E-state index >= 15 is 0 Å². The minimum absolute atomic E-state index is 0.0259. The minimum Gasteiger partial charge on any atom is -0.273 e. The summed E-state index contributed by atoms with van der Waals surface area (Å²) < 4.78 is 0. The van der Waals surface area contributed by atoms with Crippen LogP contribution in [0, 0.1) is 10.1 Å². The molecule has 0 atom stereocenters. The summed E-state index contributed by atoms with van der Waals surface area (Å²) in [5, 5.41) is 10.5. The summed E-state index contributed by atoms with van der Waals surface area (Å²) >= 11 is 0. The number of nitrogens with one attached hydrogen (secondary N) is 2. The first-order chi connectivity index (χ1) is 9.52. The Morgan fingerprint density at radius 3 is 2.30 bits per heavy atom. The van der Waals surface area contributed by atoms with Gasteiger partial charge in [-0.3, -0.25) is 30.6 Å². The summed E-state index contributed by atoms with van der Waals surface area (Å²) in [6, 6.07) is 5.69. The summed E-state index contributed by atoms with van der Waals surface area (Å²) in [4.78, 5) is 32.8. The third-order valence-corrected chi connectivity index (χ3v) is 2.61. The van der Waals surface area contributed by atoms with Crippen LogP contribution in [0.5, 0.6) is 0 Å². The highest BCUT2D eigenvalue weighted by Crippen LogP contribution is 2.12. The first-order valence-electron chi connectivity index (χ1n) is 6.34. The molecule has 0 aromatic heterocycles. The zero-order valence-electron chi connectivity index (χ0n) is 11.2. The molecule has 0 bridgehead atoms. The largest absolute Gasteiger partial charge is 0.273 e. The molecule has 0 saturated heterocycles. The van der Waals surface area contributed by atoms with E-state index in [2.05, 4.69) is 10.9 Å². The highest BCUT2D eigenvalue weighted by Gasteiger charge is 2.08. The number of nitrogens with zero attached hydrogens (tertiary/aromatic N) is 1. The fourth-order valence-corrected chi connectivity index (χ4v) is 1.50. The Bertz CT molecular complexity index is 485. The maximum atomic E-state index is 11.5. The fraction of sp³-hybridized carbons (Fsp3) is 0.385. The lowest BCUT2D eigenvalue weighted by atomic mass is 10.1. The van der Waals surface area contributed by atoms with Crippen molar-refractivity contribution in [1.29, 1.82) is 0 Å². The standard InChI is InChI=1S/C13H17N3O4/c1-2-3-4-12(17)14-15-13(18)9-10-5-7-11(8-6-10)16(19)20/h5-8H,2-4,9H2,1H3,(H,14,17)(H,15,18). The minimum atomic E-state index is -0.502. The van der Waals surface area contributed by atoms with E-state index in [4.69, 9.17) is 0 Å². The third-order valence-electron chi connectivity index (χ3n) is 2.61. The fourth-order valence-electron chi connectivity index (χ4n) is 1.50. The second-order valence-corrected chi connectivity index (χ2v) is 4.30. The van der Waals surface area contributed by atoms with Gasteiger partial charge in [-0.05, 0) is 12.0 Å². The summed E-state index contributed by atoms with van der Waals surface area (Å²) in [7, 11) is 0. The van der Waals surface area contributed by atoms with Gasteiger partial charge < -0.3 is 0 Å². The van der Waals surface area contributed by atoms with Crippen LogP contribution in [0.25, 0.3) is 0 Å². The highest BCUT2D eigenvalue weighted by molar-refractivity contribution is 5.83. The van der Waals surface area contributed by atoms with Gasteiger partial charge in [-0.1, -0.05) is 25.5 Å². The molecule has 0 spiro atoms. The Morgan fingerprint density at radius 1 is 1.15 bits per heavy atom. The third kappa shape index (κ3) is 5.47. The molecule has 1 rings (SSSR count). The second kappa shape index (κ2) is 7.88. The van der Waals surface area contributed by atoms with Gasteiger partial charge in [0.2, 0.25) is 11.8 Å². The lowest BCUT2D eigenvalue weighted by Gasteiger charge is -2.07. The lowest BCUT2D eigenvalue weighted by Crippen LogP contribution is -2.42. The van der Waals surface area contributed by atoms with Crippen LogP contribution >= 0.6 is 0 Å². The zero-order chi connectivity index (χ0) is 15.0. The molecule has 2 N–H and O–H groups in total. The van der Waals surface area contributed by atoms with Gasteiger partial charge >= 0.3 is 0 Å². The normalized spacial score (nSPS) is 9.85. The number of hydrogen-bond donors (Lipinski definition) is 2. The van der Waals surface area contributed by atoms with Crippen LogP contribution in [-0.2, 0) is 16.0 Å². The van der Waals surface area contributed by atoms with Crippen LogP contribution in [0.1, 0.15) is 31.7 Å². The number of amides is 2. The summed E-state index contributed by atoms with van der Waals surface area (Å²) in [6.45, 7) is 1.97. The Labute approximate surface area is 116 Å². The molecule has 108 valence electrons. The monoisotopic (exact) mass is 279 g/mol. The second-order valence-electron chi connectivity index (χ2n) is 4.30. The quantitative estimate of drug-likeness (QED) is 0.608. The van der Waals surface area contributed by atoms with Gasteiger partial charge in [-0.15, -0.1) is 0 Å². The van der Waals surface area contributed by atoms with Crippen molar-refractivity contribution in [2.75, 3.05) is 0 Å². The Kier molecular flexibility index (Phi) is 6.15. The molecule has 0 heterocycles. The Balaban J connectivity index is 2.38. The van der Waals surface area contributed by atoms with Crippen molar-refractivity contribution in [2.45, 2.75) is 32.6 Å². The van der Waals surface area contributed by atoms with Crippen molar-refractivity contribution in [3.63, 3.8) is 0 Å². The molecular formula is C13H17N3O4. The topological polar surface area (TPSA) is 101 Å². The van der Waals surface area contributed by atoms with Crippen LogP contribution in [0.15, 0.2) is 24.3 Å². The van der Waals surface area contributed by atoms with E-state index in [1.54, 1.807) is 0 Å². The first-order valence-corrected chi connectivity index (χ1v) is 6.34. The molecule has 0 aliphatic carbocycles. The lowest BCUT2D eigenvalue weighted by molar-refractivity contribution is -0.384. The molecule has 1 aromatic carbocycles. The molecule has 0 aliphatic heterocycles. The number of hydrazine groups is 1. The van der Waals surface area contributed by atoms with Gasteiger partial charge in [0.05, 0.1) is 11.3 Å². The molecule has 0 radical (unpaired) electrons. The number of unbranched alkanes of at least 4 members (excludes halogenated alkanes) is 1. The van der Waals surface area contributed by atoms with Gasteiger partial charge in [0, 0.05) is 18.6 Å². The summed E-state index contributed by atoms with van der Waals surface area (Å²) in [6.07, 6.45) is 2.09. The van der Waals surface area contributed by atoms with Crippen molar-refractivity contribution in [3.05, 3.63) is 39.9 Å². The molecule has 0 fully saturated rings. The zero-order valence-corrected chi connectivity index (χ0v) is 11.2. The molecule has 20 heavy (non-hydrogen) atoms. The van der Waals surface area contributed by atoms with Gasteiger partial charge in [0.1, 0.15) is 0 Å². The molecule has 7 nitrogen and oxygen atoms in total. The number of benzene rings is 1. The number of nitro groups is 1. The predicted octanol–water partition coefficient (Wildman–Crippen LogP) is 1.47. The highest BCUT2D eigenvalue weighted by atomic mass is 16.6. The van der Waals surface area contributed by atoms with E-state index in [0.717, 1.165) is 12.8 Å². The molecule has 0 aliphatic rings. The number of rotatable bonds is 6. The number of hydrogen-bond acceptors (Lipinski definition) is 4. The average molecular weight is 279 g/mol. The summed E-state index contributed by atoms with van der Waals surface area (Å²) in [5.41, 5.74) is 5.23. The number of nitro benzene ring substituents is 1. The van der Waals surface area contributed by atoms with Crippen LogP contribution in [0.2, 0.25) is 0 Å². The molecule has 0 saturated carbocycles. The Hall–Kier alpha value is -2.44. The van der Waals surface area contributed by atoms with Crippen molar-refractivity contribution >= 4 is 17.5 Å². The number of carbonyl (C=O) groups is 2. The van der Waals surface area contributed by atoms with Gasteiger partial charge in [0.15, 0.2) is 0 Å².